The van der Waals surface area contributed by atoms with E-state index in [0.717, 1.165) is 12.8 Å². The van der Waals surface area contributed by atoms with E-state index in [9.17, 15) is 0 Å². The van der Waals surface area contributed by atoms with Gasteiger partial charge in [0.1, 0.15) is 11.5 Å². The summed E-state index contributed by atoms with van der Waals surface area (Å²) in [4.78, 5) is 0. The molecule has 0 aliphatic carbocycles. The van der Waals surface area contributed by atoms with Crippen LogP contribution in [-0.2, 0) is 19.3 Å². The van der Waals surface area contributed by atoms with E-state index in [0.29, 0.717) is 0 Å². The van der Waals surface area contributed by atoms with Crippen LogP contribution in [0.4, 0.5) is 0 Å². The zero-order valence-electron chi connectivity index (χ0n) is 12.1. The Morgan fingerprint density at radius 2 is 1.41 bits per heavy atom. The van der Waals surface area contributed by atoms with Gasteiger partial charge in [0, 0.05) is 12.8 Å². The molecule has 0 bridgehead atoms. The van der Waals surface area contributed by atoms with Gasteiger partial charge >= 0.3 is 0 Å². The van der Waals surface area contributed by atoms with E-state index in [-0.39, 0.29) is 0 Å². The Morgan fingerprint density at radius 1 is 0.765 bits per heavy atom. The summed E-state index contributed by atoms with van der Waals surface area (Å²) in [5.41, 5.74) is 2.95. The third-order valence-electron chi connectivity index (χ3n) is 3.44. The monoisotopic (exact) mass is 236 g/mol. The third-order valence-corrected chi connectivity index (χ3v) is 3.44. The van der Waals surface area contributed by atoms with Gasteiger partial charge in [0.15, 0.2) is 0 Å². The van der Waals surface area contributed by atoms with Crippen LogP contribution in [0.25, 0.3) is 0 Å². The van der Waals surface area contributed by atoms with Crippen LogP contribution >= 0.6 is 0 Å². The predicted molar refractivity (Wildman–Crippen MR) is 74.7 cm³/mol. The zero-order valence-corrected chi connectivity index (χ0v) is 12.1. The normalized spacial score (nSPS) is 11.1. The molecular formula is C16H28O. The average molecular weight is 236 g/mol. The molecule has 0 aliphatic rings. The summed E-state index contributed by atoms with van der Waals surface area (Å²) >= 11 is 0. The summed E-state index contributed by atoms with van der Waals surface area (Å²) in [6, 6.07) is 0. The Balaban J connectivity index is 2.81. The van der Waals surface area contributed by atoms with E-state index in [1.54, 1.807) is 0 Å². The molecule has 0 atom stereocenters. The fourth-order valence-electron chi connectivity index (χ4n) is 2.44. The van der Waals surface area contributed by atoms with Crippen molar-refractivity contribution in [3.63, 3.8) is 0 Å². The number of unbranched alkanes of at least 4 members (excludes halogenated alkanes) is 2. The highest BCUT2D eigenvalue weighted by Crippen LogP contribution is 2.26. The van der Waals surface area contributed by atoms with Crippen molar-refractivity contribution in [3.8, 4) is 0 Å². The molecule has 0 N–H and O–H groups in total. The Kier molecular flexibility index (Phi) is 6.39. The maximum atomic E-state index is 6.06. The highest BCUT2D eigenvalue weighted by Gasteiger charge is 2.15. The summed E-state index contributed by atoms with van der Waals surface area (Å²) in [5.74, 6) is 2.51. The molecule has 0 spiro atoms. The average Bonchev–Trinajstić information content (AvgIpc) is 2.59. The summed E-state index contributed by atoms with van der Waals surface area (Å²) in [6.45, 7) is 8.96. The first-order valence-corrected chi connectivity index (χ1v) is 7.34. The highest BCUT2D eigenvalue weighted by molar-refractivity contribution is 5.33. The van der Waals surface area contributed by atoms with Crippen molar-refractivity contribution in [1.29, 1.82) is 0 Å². The van der Waals surface area contributed by atoms with Crippen molar-refractivity contribution < 1.29 is 4.42 Å². The predicted octanol–water partition coefficient (Wildman–Crippen LogP) is 5.23. The maximum Gasteiger partial charge on any atom is 0.107 e. The van der Waals surface area contributed by atoms with Crippen LogP contribution in [0.5, 0.6) is 0 Å². The minimum absolute atomic E-state index is 1.09. The SMILES string of the molecule is CCCCCc1c(CCC)oc(CCC)c1C. The van der Waals surface area contributed by atoms with Crippen molar-refractivity contribution in [1.82, 2.24) is 0 Å². The fraction of sp³-hybridized carbons (Fsp3) is 0.750. The molecular weight excluding hydrogens is 208 g/mol. The van der Waals surface area contributed by atoms with Crippen LogP contribution in [0.1, 0.15) is 75.5 Å². The minimum Gasteiger partial charge on any atom is -0.466 e. The molecule has 1 heteroatoms. The molecule has 1 aromatic heterocycles. The van der Waals surface area contributed by atoms with Crippen molar-refractivity contribution >= 4 is 0 Å². The van der Waals surface area contributed by atoms with Crippen LogP contribution in [-0.4, -0.2) is 0 Å². The van der Waals surface area contributed by atoms with Crippen molar-refractivity contribution in [3.05, 3.63) is 22.6 Å². The maximum absolute atomic E-state index is 6.06. The second-order valence-electron chi connectivity index (χ2n) is 5.01. The van der Waals surface area contributed by atoms with E-state index in [1.165, 1.54) is 61.2 Å². The van der Waals surface area contributed by atoms with Crippen molar-refractivity contribution in [2.24, 2.45) is 0 Å². The summed E-state index contributed by atoms with van der Waals surface area (Å²) < 4.78 is 6.06. The lowest BCUT2D eigenvalue weighted by Crippen LogP contribution is -1.92. The Morgan fingerprint density at radius 3 is 2.00 bits per heavy atom. The second-order valence-corrected chi connectivity index (χ2v) is 5.01. The number of furan rings is 1. The first-order valence-electron chi connectivity index (χ1n) is 7.34. The molecule has 0 aromatic carbocycles. The molecule has 0 fully saturated rings. The molecule has 0 unspecified atom stereocenters. The molecule has 0 saturated heterocycles. The molecule has 1 nitrogen and oxygen atoms in total. The molecule has 0 radical (unpaired) electrons. The van der Waals surface area contributed by atoms with Gasteiger partial charge in [-0.1, -0.05) is 33.6 Å². The lowest BCUT2D eigenvalue weighted by atomic mass is 10.00. The largest absolute Gasteiger partial charge is 0.466 e. The molecule has 1 aromatic rings. The topological polar surface area (TPSA) is 13.1 Å². The first kappa shape index (κ1) is 14.3. The van der Waals surface area contributed by atoms with Crippen LogP contribution in [0, 0.1) is 6.92 Å². The number of hydrogen-bond acceptors (Lipinski definition) is 1. The molecule has 0 amide bonds. The van der Waals surface area contributed by atoms with Crippen LogP contribution in [0.2, 0.25) is 0 Å². The Bertz CT molecular complexity index is 323. The standard InChI is InChI=1S/C16H28O/c1-5-8-9-12-14-13(4)15(10-6-2)17-16(14)11-7-3/h5-12H2,1-4H3. The molecule has 1 rings (SSSR count). The lowest BCUT2D eigenvalue weighted by molar-refractivity contribution is 0.455. The van der Waals surface area contributed by atoms with Crippen LogP contribution in [0.15, 0.2) is 4.42 Å². The quantitative estimate of drug-likeness (QED) is 0.564. The van der Waals surface area contributed by atoms with Gasteiger partial charge in [-0.05, 0) is 43.7 Å². The van der Waals surface area contributed by atoms with Gasteiger partial charge in [-0.25, -0.2) is 0 Å². The van der Waals surface area contributed by atoms with Crippen LogP contribution < -0.4 is 0 Å². The van der Waals surface area contributed by atoms with E-state index in [2.05, 4.69) is 27.7 Å². The fourth-order valence-corrected chi connectivity index (χ4v) is 2.44. The van der Waals surface area contributed by atoms with Crippen molar-refractivity contribution in [2.45, 2.75) is 79.1 Å². The van der Waals surface area contributed by atoms with Gasteiger partial charge in [-0.2, -0.15) is 0 Å². The van der Waals surface area contributed by atoms with Gasteiger partial charge in [0.2, 0.25) is 0 Å². The number of aryl methyl sites for hydroxylation is 2. The molecule has 98 valence electrons. The number of hydrogen-bond donors (Lipinski definition) is 0. The van der Waals surface area contributed by atoms with Crippen molar-refractivity contribution in [2.75, 3.05) is 0 Å². The summed E-state index contributed by atoms with van der Waals surface area (Å²) in [5, 5.41) is 0. The Labute approximate surface area is 107 Å². The molecule has 1 heterocycles. The molecule has 0 aliphatic heterocycles. The number of rotatable bonds is 8. The van der Waals surface area contributed by atoms with Gasteiger partial charge < -0.3 is 4.42 Å². The van der Waals surface area contributed by atoms with Gasteiger partial charge in [-0.15, -0.1) is 0 Å². The van der Waals surface area contributed by atoms with E-state index in [1.807, 2.05) is 0 Å². The molecule has 0 saturated carbocycles. The van der Waals surface area contributed by atoms with Gasteiger partial charge in [0.05, 0.1) is 0 Å². The van der Waals surface area contributed by atoms with E-state index in [4.69, 9.17) is 4.42 Å². The highest BCUT2D eigenvalue weighted by atomic mass is 16.3. The summed E-state index contributed by atoms with van der Waals surface area (Å²) in [7, 11) is 0. The van der Waals surface area contributed by atoms with Crippen LogP contribution in [0.3, 0.4) is 0 Å². The third kappa shape index (κ3) is 3.90. The lowest BCUT2D eigenvalue weighted by Gasteiger charge is -2.02. The molecule has 17 heavy (non-hydrogen) atoms. The first-order chi connectivity index (χ1) is 8.24. The van der Waals surface area contributed by atoms with E-state index < -0.39 is 0 Å². The smallest absolute Gasteiger partial charge is 0.107 e. The Hall–Kier alpha value is -0.720. The van der Waals surface area contributed by atoms with Gasteiger partial charge in [-0.3, -0.25) is 0 Å². The minimum atomic E-state index is 1.09. The van der Waals surface area contributed by atoms with E-state index >= 15 is 0 Å². The summed E-state index contributed by atoms with van der Waals surface area (Å²) in [6.07, 6.45) is 9.69. The second kappa shape index (κ2) is 7.58. The van der Waals surface area contributed by atoms with Gasteiger partial charge in [0.25, 0.3) is 0 Å². The zero-order chi connectivity index (χ0) is 12.7.